The smallest absolute Gasteiger partial charge is 0.319 e. The Morgan fingerprint density at radius 3 is 2.94 bits per heavy atom. The molecule has 1 heterocycles. The molecule has 98 valence electrons. The van der Waals surface area contributed by atoms with Crippen LogP contribution in [-0.4, -0.2) is 24.7 Å². The summed E-state index contributed by atoms with van der Waals surface area (Å²) in [6.07, 6.45) is 2.09. The molecule has 2 atom stereocenters. The molecule has 5 heteroatoms. The standard InChI is InChI=1S/C13H18ClN3O/c1-9-11(7-4-8-15-9)16-13(18)17-12-6-3-2-5-10(12)14/h2-3,5-6,9,11,15H,4,7-8H2,1H3,(H2,16,17,18). The molecule has 0 bridgehead atoms. The Morgan fingerprint density at radius 2 is 2.22 bits per heavy atom. The van der Waals surface area contributed by atoms with Crippen molar-refractivity contribution in [2.45, 2.75) is 31.8 Å². The van der Waals surface area contributed by atoms with Crippen molar-refractivity contribution in [3.8, 4) is 0 Å². The summed E-state index contributed by atoms with van der Waals surface area (Å²) in [5, 5.41) is 9.63. The molecular formula is C13H18ClN3O. The summed E-state index contributed by atoms with van der Waals surface area (Å²) < 4.78 is 0. The van der Waals surface area contributed by atoms with Crippen molar-refractivity contribution in [2.75, 3.05) is 11.9 Å². The van der Waals surface area contributed by atoms with Crippen LogP contribution in [0.5, 0.6) is 0 Å². The highest BCUT2D eigenvalue weighted by Crippen LogP contribution is 2.20. The van der Waals surface area contributed by atoms with Gasteiger partial charge in [0.2, 0.25) is 0 Å². The number of urea groups is 1. The van der Waals surface area contributed by atoms with Gasteiger partial charge in [0, 0.05) is 12.1 Å². The first-order chi connectivity index (χ1) is 8.66. The summed E-state index contributed by atoms with van der Waals surface area (Å²) in [6, 6.07) is 7.47. The highest BCUT2D eigenvalue weighted by Gasteiger charge is 2.22. The summed E-state index contributed by atoms with van der Waals surface area (Å²) in [5.74, 6) is 0. The van der Waals surface area contributed by atoms with Gasteiger partial charge in [-0.1, -0.05) is 23.7 Å². The molecule has 1 aliphatic heterocycles. The molecule has 1 saturated heterocycles. The van der Waals surface area contributed by atoms with Gasteiger partial charge in [0.1, 0.15) is 0 Å². The van der Waals surface area contributed by atoms with Crippen LogP contribution in [0.1, 0.15) is 19.8 Å². The maximum atomic E-state index is 11.9. The fourth-order valence-electron chi connectivity index (χ4n) is 2.13. The van der Waals surface area contributed by atoms with Crippen LogP contribution in [0.15, 0.2) is 24.3 Å². The van der Waals surface area contributed by atoms with E-state index in [0.29, 0.717) is 16.8 Å². The minimum absolute atomic E-state index is 0.168. The number of carbonyl (C=O) groups is 1. The SMILES string of the molecule is CC1NCCCC1NC(=O)Nc1ccccc1Cl. The molecule has 0 aliphatic carbocycles. The minimum Gasteiger partial charge on any atom is -0.334 e. The van der Waals surface area contributed by atoms with Crippen molar-refractivity contribution in [1.29, 1.82) is 0 Å². The number of piperidine rings is 1. The van der Waals surface area contributed by atoms with Crippen LogP contribution in [0.25, 0.3) is 0 Å². The van der Waals surface area contributed by atoms with Gasteiger partial charge in [0.15, 0.2) is 0 Å². The summed E-state index contributed by atoms with van der Waals surface area (Å²) in [6.45, 7) is 3.10. The second kappa shape index (κ2) is 6.07. The Hall–Kier alpha value is -1.26. The molecule has 1 aliphatic rings. The quantitative estimate of drug-likeness (QED) is 0.772. The molecule has 18 heavy (non-hydrogen) atoms. The van der Waals surface area contributed by atoms with Crippen LogP contribution in [0, 0.1) is 0 Å². The molecule has 2 unspecified atom stereocenters. The Morgan fingerprint density at radius 1 is 1.44 bits per heavy atom. The number of nitrogens with one attached hydrogen (secondary N) is 3. The summed E-state index contributed by atoms with van der Waals surface area (Å²) in [4.78, 5) is 11.9. The third kappa shape index (κ3) is 3.37. The number of anilines is 1. The van der Waals surface area contributed by atoms with Gasteiger partial charge in [-0.05, 0) is 38.4 Å². The average Bonchev–Trinajstić information content (AvgIpc) is 2.35. The lowest BCUT2D eigenvalue weighted by molar-refractivity contribution is 0.239. The molecule has 2 rings (SSSR count). The number of hydrogen-bond acceptors (Lipinski definition) is 2. The van der Waals surface area contributed by atoms with E-state index in [2.05, 4.69) is 22.9 Å². The Balaban J connectivity index is 1.90. The largest absolute Gasteiger partial charge is 0.334 e. The van der Waals surface area contributed by atoms with Crippen LogP contribution >= 0.6 is 11.6 Å². The number of benzene rings is 1. The monoisotopic (exact) mass is 267 g/mol. The summed E-state index contributed by atoms with van der Waals surface area (Å²) in [7, 11) is 0. The zero-order valence-electron chi connectivity index (χ0n) is 10.4. The van der Waals surface area contributed by atoms with E-state index in [-0.39, 0.29) is 12.1 Å². The van der Waals surface area contributed by atoms with E-state index in [1.807, 2.05) is 12.1 Å². The van der Waals surface area contributed by atoms with Crippen LogP contribution in [0.2, 0.25) is 5.02 Å². The third-order valence-corrected chi connectivity index (χ3v) is 3.53. The van der Waals surface area contributed by atoms with Gasteiger partial charge in [0.25, 0.3) is 0 Å². The number of rotatable bonds is 2. The van der Waals surface area contributed by atoms with Crippen molar-refractivity contribution in [3.63, 3.8) is 0 Å². The van der Waals surface area contributed by atoms with E-state index in [0.717, 1.165) is 19.4 Å². The van der Waals surface area contributed by atoms with E-state index in [9.17, 15) is 4.79 Å². The second-order valence-corrected chi connectivity index (χ2v) is 4.98. The van der Waals surface area contributed by atoms with Crippen molar-refractivity contribution in [3.05, 3.63) is 29.3 Å². The number of para-hydroxylation sites is 1. The summed E-state index contributed by atoms with van der Waals surface area (Å²) in [5.41, 5.74) is 0.632. The molecule has 0 saturated carbocycles. The van der Waals surface area contributed by atoms with Crippen LogP contribution in [0.4, 0.5) is 10.5 Å². The molecular weight excluding hydrogens is 250 g/mol. The van der Waals surface area contributed by atoms with Gasteiger partial charge >= 0.3 is 6.03 Å². The lowest BCUT2D eigenvalue weighted by Crippen LogP contribution is -2.52. The first kappa shape index (κ1) is 13.2. The van der Waals surface area contributed by atoms with Gasteiger partial charge in [-0.15, -0.1) is 0 Å². The Bertz CT molecular complexity index is 424. The zero-order chi connectivity index (χ0) is 13.0. The first-order valence-corrected chi connectivity index (χ1v) is 6.60. The lowest BCUT2D eigenvalue weighted by atomic mass is 10.0. The van der Waals surface area contributed by atoms with Crippen LogP contribution < -0.4 is 16.0 Å². The van der Waals surface area contributed by atoms with Gasteiger partial charge in [-0.2, -0.15) is 0 Å². The number of carbonyl (C=O) groups excluding carboxylic acids is 1. The first-order valence-electron chi connectivity index (χ1n) is 6.22. The number of halogens is 1. The predicted molar refractivity (Wildman–Crippen MR) is 74.1 cm³/mol. The highest BCUT2D eigenvalue weighted by atomic mass is 35.5. The molecule has 2 amide bonds. The van der Waals surface area contributed by atoms with Gasteiger partial charge in [-0.25, -0.2) is 4.79 Å². The van der Waals surface area contributed by atoms with E-state index < -0.39 is 0 Å². The molecule has 1 fully saturated rings. The minimum atomic E-state index is -0.205. The van der Waals surface area contributed by atoms with E-state index >= 15 is 0 Å². The van der Waals surface area contributed by atoms with Crippen molar-refractivity contribution < 1.29 is 4.79 Å². The van der Waals surface area contributed by atoms with Crippen molar-refractivity contribution in [2.24, 2.45) is 0 Å². The third-order valence-electron chi connectivity index (χ3n) is 3.20. The van der Waals surface area contributed by atoms with Crippen molar-refractivity contribution in [1.82, 2.24) is 10.6 Å². The lowest BCUT2D eigenvalue weighted by Gasteiger charge is -2.30. The fraction of sp³-hybridized carbons (Fsp3) is 0.462. The molecule has 1 aromatic carbocycles. The molecule has 0 spiro atoms. The maximum absolute atomic E-state index is 11.9. The topological polar surface area (TPSA) is 53.2 Å². The highest BCUT2D eigenvalue weighted by molar-refractivity contribution is 6.33. The van der Waals surface area contributed by atoms with Crippen molar-refractivity contribution >= 4 is 23.3 Å². The molecule has 0 radical (unpaired) electrons. The van der Waals surface area contributed by atoms with E-state index in [1.54, 1.807) is 12.1 Å². The van der Waals surface area contributed by atoms with E-state index in [1.165, 1.54) is 0 Å². The molecule has 0 aromatic heterocycles. The zero-order valence-corrected chi connectivity index (χ0v) is 11.1. The Labute approximate surface area is 112 Å². The maximum Gasteiger partial charge on any atom is 0.319 e. The van der Waals surface area contributed by atoms with Gasteiger partial charge in [0.05, 0.1) is 10.7 Å². The van der Waals surface area contributed by atoms with E-state index in [4.69, 9.17) is 11.6 Å². The van der Waals surface area contributed by atoms with Gasteiger partial charge in [-0.3, -0.25) is 0 Å². The normalized spacial score (nSPS) is 23.4. The van der Waals surface area contributed by atoms with Crippen LogP contribution in [0.3, 0.4) is 0 Å². The Kier molecular flexibility index (Phi) is 4.44. The number of hydrogen-bond donors (Lipinski definition) is 3. The summed E-state index contributed by atoms with van der Waals surface area (Å²) >= 11 is 5.98. The molecule has 3 N–H and O–H groups in total. The van der Waals surface area contributed by atoms with Crippen LogP contribution in [-0.2, 0) is 0 Å². The molecule has 4 nitrogen and oxygen atoms in total. The molecule has 1 aromatic rings. The average molecular weight is 268 g/mol. The van der Waals surface area contributed by atoms with Gasteiger partial charge < -0.3 is 16.0 Å². The predicted octanol–water partition coefficient (Wildman–Crippen LogP) is 2.60. The second-order valence-electron chi connectivity index (χ2n) is 4.57. The fourth-order valence-corrected chi connectivity index (χ4v) is 2.31. The number of amides is 2.